The van der Waals surface area contributed by atoms with Gasteiger partial charge in [-0.2, -0.15) is 0 Å². The van der Waals surface area contributed by atoms with E-state index in [9.17, 15) is 0 Å². The molecule has 110 valence electrons. The quantitative estimate of drug-likeness (QED) is 0.671. The number of anilines is 1. The van der Waals surface area contributed by atoms with Crippen molar-refractivity contribution in [2.75, 3.05) is 38.8 Å². The summed E-state index contributed by atoms with van der Waals surface area (Å²) in [5.41, 5.74) is 1.24. The number of nitrogens with zero attached hydrogens (tertiary/aromatic N) is 2. The lowest BCUT2D eigenvalue weighted by Gasteiger charge is -2.14. The Kier molecular flexibility index (Phi) is 8.02. The number of aryl methyl sites for hydroxylation is 1. The highest BCUT2D eigenvalue weighted by Gasteiger charge is 2.12. The summed E-state index contributed by atoms with van der Waals surface area (Å²) in [4.78, 5) is 8.36. The highest BCUT2D eigenvalue weighted by atomic mass is 32.1. The number of hydrogen-bond donors (Lipinski definition) is 1. The Bertz CT molecular complexity index is 354. The average Bonchev–Trinajstić information content (AvgIpc) is 2.82. The fourth-order valence-corrected chi connectivity index (χ4v) is 2.97. The maximum Gasteiger partial charge on any atom is 0.185 e. The highest BCUT2D eigenvalue weighted by molar-refractivity contribution is 7.15. The van der Waals surface area contributed by atoms with E-state index >= 15 is 0 Å². The van der Waals surface area contributed by atoms with Crippen molar-refractivity contribution in [2.24, 2.45) is 0 Å². The second kappa shape index (κ2) is 9.28. The monoisotopic (exact) mass is 285 g/mol. The Morgan fingerprint density at radius 2 is 2.16 bits per heavy atom. The van der Waals surface area contributed by atoms with Crippen LogP contribution in [-0.4, -0.2) is 38.8 Å². The lowest BCUT2D eigenvalue weighted by atomic mass is 10.3. The molecule has 0 aliphatic heterocycles. The molecule has 19 heavy (non-hydrogen) atoms. The fourth-order valence-electron chi connectivity index (χ4n) is 1.87. The molecule has 0 aliphatic carbocycles. The maximum absolute atomic E-state index is 5.09. The van der Waals surface area contributed by atoms with Gasteiger partial charge in [0.2, 0.25) is 0 Å². The van der Waals surface area contributed by atoms with Gasteiger partial charge in [-0.1, -0.05) is 13.8 Å². The van der Waals surface area contributed by atoms with Crippen molar-refractivity contribution in [1.82, 2.24) is 10.3 Å². The number of aromatic nitrogens is 1. The van der Waals surface area contributed by atoms with Crippen LogP contribution < -0.4 is 10.2 Å². The molecule has 1 aromatic heterocycles. The Morgan fingerprint density at radius 1 is 1.37 bits per heavy atom. The molecule has 0 aliphatic rings. The number of nitrogens with one attached hydrogen (secondary N) is 1. The van der Waals surface area contributed by atoms with E-state index in [1.165, 1.54) is 17.0 Å². The van der Waals surface area contributed by atoms with Gasteiger partial charge in [0, 0.05) is 38.7 Å². The number of rotatable bonds is 10. The van der Waals surface area contributed by atoms with Crippen LogP contribution in [0.5, 0.6) is 0 Å². The molecule has 0 amide bonds. The van der Waals surface area contributed by atoms with Gasteiger partial charge in [-0.3, -0.25) is 0 Å². The average molecular weight is 285 g/mol. The smallest absolute Gasteiger partial charge is 0.185 e. The summed E-state index contributed by atoms with van der Waals surface area (Å²) in [6.07, 6.45) is 3.22. The summed E-state index contributed by atoms with van der Waals surface area (Å²) in [5.74, 6) is 0. The number of ether oxygens (including phenoxy) is 1. The lowest BCUT2D eigenvalue weighted by molar-refractivity contribution is 0.196. The van der Waals surface area contributed by atoms with Crippen molar-refractivity contribution >= 4 is 16.5 Å². The van der Waals surface area contributed by atoms with Crippen molar-refractivity contribution in [2.45, 2.75) is 39.7 Å². The number of thiazole rings is 1. The van der Waals surface area contributed by atoms with Gasteiger partial charge >= 0.3 is 0 Å². The molecule has 0 aromatic carbocycles. The minimum Gasteiger partial charge on any atom is -0.385 e. The van der Waals surface area contributed by atoms with Crippen molar-refractivity contribution in [3.63, 3.8) is 0 Å². The minimum absolute atomic E-state index is 0.807. The first-order valence-corrected chi connectivity index (χ1v) is 7.93. The molecule has 1 N–H and O–H groups in total. The molecule has 0 fully saturated rings. The molecule has 0 unspecified atom stereocenters. The summed E-state index contributed by atoms with van der Waals surface area (Å²) >= 11 is 1.81. The van der Waals surface area contributed by atoms with Gasteiger partial charge in [-0.05, 0) is 25.8 Å². The molecular weight excluding hydrogens is 258 g/mol. The van der Waals surface area contributed by atoms with Crippen LogP contribution in [0.1, 0.15) is 37.3 Å². The third kappa shape index (κ3) is 5.47. The van der Waals surface area contributed by atoms with E-state index in [0.717, 1.165) is 44.2 Å². The third-order valence-electron chi connectivity index (χ3n) is 2.98. The molecule has 0 spiro atoms. The van der Waals surface area contributed by atoms with Gasteiger partial charge in [0.05, 0.1) is 5.69 Å². The van der Waals surface area contributed by atoms with Crippen LogP contribution in [0.15, 0.2) is 0 Å². The van der Waals surface area contributed by atoms with E-state index in [1.54, 1.807) is 7.11 Å². The maximum atomic E-state index is 5.09. The standard InChI is InChI=1S/C14H27N3OS/c1-5-8-15-11-13-12(6-2)16-14(19-13)17(3)9-7-10-18-4/h15H,5-11H2,1-4H3. The van der Waals surface area contributed by atoms with E-state index in [-0.39, 0.29) is 0 Å². The van der Waals surface area contributed by atoms with Gasteiger partial charge in [-0.25, -0.2) is 4.98 Å². The molecule has 0 saturated carbocycles. The van der Waals surface area contributed by atoms with Gasteiger partial charge in [0.25, 0.3) is 0 Å². The normalized spacial score (nSPS) is 10.9. The van der Waals surface area contributed by atoms with Crippen LogP contribution in [-0.2, 0) is 17.7 Å². The van der Waals surface area contributed by atoms with Crippen molar-refractivity contribution in [3.8, 4) is 0 Å². The van der Waals surface area contributed by atoms with Gasteiger partial charge in [0.15, 0.2) is 5.13 Å². The second-order valence-corrected chi connectivity index (χ2v) is 5.73. The number of methoxy groups -OCH3 is 1. The topological polar surface area (TPSA) is 37.4 Å². The second-order valence-electron chi connectivity index (χ2n) is 4.66. The Hall–Kier alpha value is -0.650. The van der Waals surface area contributed by atoms with Gasteiger partial charge in [-0.15, -0.1) is 11.3 Å². The lowest BCUT2D eigenvalue weighted by Crippen LogP contribution is -2.19. The van der Waals surface area contributed by atoms with E-state index < -0.39 is 0 Å². The predicted octanol–water partition coefficient (Wildman–Crippen LogP) is 2.68. The molecule has 0 atom stereocenters. The van der Waals surface area contributed by atoms with E-state index in [0.29, 0.717) is 0 Å². The van der Waals surface area contributed by atoms with Crippen molar-refractivity contribution in [3.05, 3.63) is 10.6 Å². The van der Waals surface area contributed by atoms with E-state index in [1.807, 2.05) is 11.3 Å². The Morgan fingerprint density at radius 3 is 2.79 bits per heavy atom. The van der Waals surface area contributed by atoms with E-state index in [4.69, 9.17) is 9.72 Å². The van der Waals surface area contributed by atoms with Crippen LogP contribution in [0.25, 0.3) is 0 Å². The van der Waals surface area contributed by atoms with Crippen LogP contribution in [0.3, 0.4) is 0 Å². The molecule has 1 rings (SSSR count). The zero-order valence-electron chi connectivity index (χ0n) is 12.7. The molecule has 1 aromatic rings. The first kappa shape index (κ1) is 16.4. The van der Waals surface area contributed by atoms with Crippen LogP contribution in [0, 0.1) is 0 Å². The zero-order chi connectivity index (χ0) is 14.1. The minimum atomic E-state index is 0.807. The summed E-state index contributed by atoms with van der Waals surface area (Å²) < 4.78 is 5.09. The highest BCUT2D eigenvalue weighted by Crippen LogP contribution is 2.26. The Labute approximate surface area is 121 Å². The van der Waals surface area contributed by atoms with Gasteiger partial charge in [0.1, 0.15) is 0 Å². The molecule has 0 saturated heterocycles. The Balaban J connectivity index is 2.58. The predicted molar refractivity (Wildman–Crippen MR) is 83.3 cm³/mol. The summed E-state index contributed by atoms with van der Waals surface area (Å²) in [6.45, 7) is 8.18. The largest absolute Gasteiger partial charge is 0.385 e. The summed E-state index contributed by atoms with van der Waals surface area (Å²) in [7, 11) is 3.85. The third-order valence-corrected chi connectivity index (χ3v) is 4.19. The first-order valence-electron chi connectivity index (χ1n) is 7.12. The van der Waals surface area contributed by atoms with Crippen molar-refractivity contribution in [1.29, 1.82) is 0 Å². The summed E-state index contributed by atoms with van der Waals surface area (Å²) in [5, 5.41) is 4.59. The SMILES string of the molecule is CCCNCc1sc(N(C)CCCOC)nc1CC. The fraction of sp³-hybridized carbons (Fsp3) is 0.786. The van der Waals surface area contributed by atoms with Crippen LogP contribution in [0.4, 0.5) is 5.13 Å². The van der Waals surface area contributed by atoms with Crippen LogP contribution >= 0.6 is 11.3 Å². The molecule has 4 nitrogen and oxygen atoms in total. The van der Waals surface area contributed by atoms with Crippen molar-refractivity contribution < 1.29 is 4.74 Å². The zero-order valence-corrected chi connectivity index (χ0v) is 13.5. The molecule has 1 heterocycles. The molecule has 0 radical (unpaired) electrons. The van der Waals surface area contributed by atoms with Crippen LogP contribution in [0.2, 0.25) is 0 Å². The van der Waals surface area contributed by atoms with E-state index in [2.05, 4.69) is 31.1 Å². The molecular formula is C14H27N3OS. The molecule has 0 bridgehead atoms. The van der Waals surface area contributed by atoms with Gasteiger partial charge < -0.3 is 15.0 Å². The molecule has 5 heteroatoms. The first-order chi connectivity index (χ1) is 9.22. The number of hydrogen-bond acceptors (Lipinski definition) is 5. The summed E-state index contributed by atoms with van der Waals surface area (Å²) in [6, 6.07) is 0.